The Kier molecular flexibility index (Phi) is 5.15. The lowest BCUT2D eigenvalue weighted by Gasteiger charge is -2.29. The van der Waals surface area contributed by atoms with E-state index in [1.54, 1.807) is 13.4 Å². The highest BCUT2D eigenvalue weighted by atomic mass is 16.7. The molecule has 1 N–H and O–H groups in total. The summed E-state index contributed by atoms with van der Waals surface area (Å²) >= 11 is 0. The van der Waals surface area contributed by atoms with Crippen LogP contribution in [-0.2, 0) is 4.74 Å². The minimum atomic E-state index is -0.934. The van der Waals surface area contributed by atoms with E-state index in [0.29, 0.717) is 29.8 Å². The predicted octanol–water partition coefficient (Wildman–Crippen LogP) is 5.03. The average Bonchev–Trinajstić information content (AvgIpc) is 2.73. The minimum Gasteiger partial charge on any atom is -0.507 e. The molecule has 0 spiro atoms. The zero-order valence-corrected chi connectivity index (χ0v) is 17.0. The molecule has 148 valence electrons. The summed E-state index contributed by atoms with van der Waals surface area (Å²) in [6.45, 7) is 10.2. The number of ether oxygens (including phenoxy) is 3. The molecule has 0 saturated carbocycles. The summed E-state index contributed by atoms with van der Waals surface area (Å²) in [6, 6.07) is 1.53. The number of phenols is 1. The van der Waals surface area contributed by atoms with Gasteiger partial charge in [0.1, 0.15) is 22.8 Å². The van der Waals surface area contributed by atoms with Gasteiger partial charge < -0.3 is 19.3 Å². The molecule has 0 saturated heterocycles. The third-order valence-electron chi connectivity index (χ3n) is 5.63. The molecule has 2 aliphatic heterocycles. The second-order valence-corrected chi connectivity index (χ2v) is 8.50. The fraction of sp³-hybridized carbons (Fsp3) is 0.591. The van der Waals surface area contributed by atoms with Crippen LogP contribution in [0.15, 0.2) is 18.4 Å². The molecule has 2 aliphatic rings. The molecule has 0 bridgehead atoms. The number of carbonyl (C=O) groups excluding carboxylic acids is 1. The number of allylic oxidation sites excluding steroid dienone is 1. The lowest BCUT2D eigenvalue weighted by atomic mass is 9.80. The number of methoxy groups -OCH3 is 1. The molecular formula is C22H30O5. The Morgan fingerprint density at radius 1 is 1.37 bits per heavy atom. The lowest BCUT2D eigenvalue weighted by Crippen LogP contribution is -2.36. The monoisotopic (exact) mass is 374 g/mol. The number of fused-ring (bicyclic) bond motifs is 3. The lowest BCUT2D eigenvalue weighted by molar-refractivity contribution is -0.131. The first-order valence-electron chi connectivity index (χ1n) is 9.68. The number of hydrogen-bond acceptors (Lipinski definition) is 5. The van der Waals surface area contributed by atoms with Crippen LogP contribution in [0.25, 0.3) is 0 Å². The Morgan fingerprint density at radius 3 is 2.67 bits per heavy atom. The first kappa shape index (κ1) is 19.6. The highest BCUT2D eigenvalue weighted by Gasteiger charge is 2.52. The third-order valence-corrected chi connectivity index (χ3v) is 5.63. The molecule has 5 nitrogen and oxygen atoms in total. The van der Waals surface area contributed by atoms with Crippen LogP contribution >= 0.6 is 0 Å². The zero-order valence-electron chi connectivity index (χ0n) is 17.0. The maximum atomic E-state index is 12.9. The summed E-state index contributed by atoms with van der Waals surface area (Å²) in [5, 5.41) is 10.5. The van der Waals surface area contributed by atoms with Crippen molar-refractivity contribution in [3.63, 3.8) is 0 Å². The van der Waals surface area contributed by atoms with Crippen LogP contribution in [0.5, 0.6) is 17.2 Å². The van der Waals surface area contributed by atoms with Crippen molar-refractivity contribution in [2.75, 3.05) is 7.11 Å². The second kappa shape index (κ2) is 7.10. The standard InChI is InChI=1S/C22H30O5/c1-12(2)9-16(23)20-17(24)11-18(25-6)19-15-10-14(13(3)4)7-8-26-22(15,5)27-21(19)20/h7-8,11-15,24H,9-10H2,1-6H3/t14-,15+,22-/m1/s1. The Hall–Kier alpha value is -2.17. The number of benzene rings is 1. The molecule has 0 unspecified atom stereocenters. The van der Waals surface area contributed by atoms with Gasteiger partial charge in [0.2, 0.25) is 0 Å². The van der Waals surface area contributed by atoms with Crippen LogP contribution < -0.4 is 9.47 Å². The molecule has 0 radical (unpaired) electrons. The number of ketones is 1. The quantitative estimate of drug-likeness (QED) is 0.733. The van der Waals surface area contributed by atoms with E-state index >= 15 is 0 Å². The van der Waals surface area contributed by atoms with Crippen molar-refractivity contribution in [1.29, 1.82) is 0 Å². The van der Waals surface area contributed by atoms with E-state index in [0.717, 1.165) is 12.0 Å². The topological polar surface area (TPSA) is 65.0 Å². The Balaban J connectivity index is 2.15. The molecule has 3 atom stereocenters. The van der Waals surface area contributed by atoms with E-state index in [1.807, 2.05) is 20.8 Å². The Bertz CT molecular complexity index is 764. The summed E-state index contributed by atoms with van der Waals surface area (Å²) in [5.41, 5.74) is 1.06. The molecule has 0 aromatic heterocycles. The minimum absolute atomic E-state index is 0.101. The van der Waals surface area contributed by atoms with Crippen LogP contribution in [0.1, 0.15) is 69.3 Å². The molecule has 0 fully saturated rings. The van der Waals surface area contributed by atoms with Crippen molar-refractivity contribution in [1.82, 2.24) is 0 Å². The van der Waals surface area contributed by atoms with Crippen molar-refractivity contribution in [2.45, 2.75) is 59.2 Å². The number of carbonyl (C=O) groups is 1. The van der Waals surface area contributed by atoms with E-state index in [9.17, 15) is 9.90 Å². The van der Waals surface area contributed by atoms with Crippen LogP contribution in [-0.4, -0.2) is 23.8 Å². The maximum absolute atomic E-state index is 12.9. The molecule has 27 heavy (non-hydrogen) atoms. The Labute approximate surface area is 161 Å². The van der Waals surface area contributed by atoms with Gasteiger partial charge in [0.25, 0.3) is 5.79 Å². The summed E-state index contributed by atoms with van der Waals surface area (Å²) in [5.74, 6) is 0.618. The van der Waals surface area contributed by atoms with Crippen molar-refractivity contribution >= 4 is 5.78 Å². The largest absolute Gasteiger partial charge is 0.507 e. The third kappa shape index (κ3) is 3.40. The fourth-order valence-electron chi connectivity index (χ4n) is 4.08. The first-order valence-corrected chi connectivity index (χ1v) is 9.68. The van der Waals surface area contributed by atoms with Gasteiger partial charge in [-0.1, -0.05) is 27.7 Å². The van der Waals surface area contributed by atoms with Gasteiger partial charge in [-0.2, -0.15) is 0 Å². The molecule has 1 aromatic carbocycles. The molecule has 0 aliphatic carbocycles. The molecule has 2 heterocycles. The molecule has 0 amide bonds. The van der Waals surface area contributed by atoms with Crippen LogP contribution in [0.4, 0.5) is 0 Å². The molecule has 5 heteroatoms. The maximum Gasteiger partial charge on any atom is 0.254 e. The molecule has 3 rings (SSSR count). The van der Waals surface area contributed by atoms with Gasteiger partial charge in [0.15, 0.2) is 5.78 Å². The van der Waals surface area contributed by atoms with Crippen LogP contribution in [0.2, 0.25) is 0 Å². The van der Waals surface area contributed by atoms with Gasteiger partial charge in [-0.15, -0.1) is 0 Å². The van der Waals surface area contributed by atoms with Crippen molar-refractivity contribution in [3.05, 3.63) is 29.5 Å². The predicted molar refractivity (Wildman–Crippen MR) is 103 cm³/mol. The highest BCUT2D eigenvalue weighted by Crippen LogP contribution is 2.57. The number of Topliss-reactive ketones (excluding diaryl/α,β-unsaturated/α-hetero) is 1. The fourth-order valence-corrected chi connectivity index (χ4v) is 4.08. The zero-order chi connectivity index (χ0) is 19.9. The van der Waals surface area contributed by atoms with Gasteiger partial charge in [-0.05, 0) is 30.3 Å². The van der Waals surface area contributed by atoms with Crippen LogP contribution in [0.3, 0.4) is 0 Å². The number of aromatic hydroxyl groups is 1. The summed E-state index contributed by atoms with van der Waals surface area (Å²) in [6.07, 6.45) is 4.94. The van der Waals surface area contributed by atoms with Gasteiger partial charge in [0, 0.05) is 25.0 Å². The van der Waals surface area contributed by atoms with Gasteiger partial charge in [-0.25, -0.2) is 0 Å². The smallest absolute Gasteiger partial charge is 0.254 e. The van der Waals surface area contributed by atoms with E-state index in [1.165, 1.54) is 6.07 Å². The van der Waals surface area contributed by atoms with Gasteiger partial charge in [0.05, 0.1) is 19.3 Å². The average molecular weight is 374 g/mol. The SMILES string of the molecule is COc1cc(O)c(C(=O)CC(C)C)c2c1[C@@H]1C[C@H](C(C)C)C=CO[C@]1(C)O2. The van der Waals surface area contributed by atoms with E-state index < -0.39 is 5.79 Å². The van der Waals surface area contributed by atoms with Gasteiger partial charge in [-0.3, -0.25) is 4.79 Å². The van der Waals surface area contributed by atoms with Crippen molar-refractivity contribution < 1.29 is 24.1 Å². The number of rotatable bonds is 5. The van der Waals surface area contributed by atoms with Crippen molar-refractivity contribution in [3.8, 4) is 17.2 Å². The van der Waals surface area contributed by atoms with E-state index in [4.69, 9.17) is 14.2 Å². The summed E-state index contributed by atoms with van der Waals surface area (Å²) < 4.78 is 17.8. The second-order valence-electron chi connectivity index (χ2n) is 8.50. The van der Waals surface area contributed by atoms with E-state index in [-0.39, 0.29) is 28.9 Å². The Morgan fingerprint density at radius 2 is 2.07 bits per heavy atom. The molecule has 1 aromatic rings. The van der Waals surface area contributed by atoms with Gasteiger partial charge >= 0.3 is 0 Å². The van der Waals surface area contributed by atoms with Crippen molar-refractivity contribution in [2.24, 2.45) is 17.8 Å². The molecular weight excluding hydrogens is 344 g/mol. The highest BCUT2D eigenvalue weighted by molar-refractivity contribution is 6.02. The summed E-state index contributed by atoms with van der Waals surface area (Å²) in [7, 11) is 1.57. The number of phenolic OH excluding ortho intramolecular Hbond substituents is 1. The normalized spacial score (nSPS) is 26.2. The summed E-state index contributed by atoms with van der Waals surface area (Å²) in [4.78, 5) is 12.9. The van der Waals surface area contributed by atoms with E-state index in [2.05, 4.69) is 19.9 Å². The first-order chi connectivity index (χ1) is 12.7. The van der Waals surface area contributed by atoms with Crippen LogP contribution in [0, 0.1) is 17.8 Å². The number of hydrogen-bond donors (Lipinski definition) is 1.